The fourth-order valence-corrected chi connectivity index (χ4v) is 2.58. The summed E-state index contributed by atoms with van der Waals surface area (Å²) in [6.45, 7) is 2.87. The van der Waals surface area contributed by atoms with Gasteiger partial charge in [-0.05, 0) is 25.1 Å². The molecular formula is C18H15N3. The van der Waals surface area contributed by atoms with Crippen LogP contribution >= 0.6 is 0 Å². The second-order valence-corrected chi connectivity index (χ2v) is 4.73. The summed E-state index contributed by atoms with van der Waals surface area (Å²) >= 11 is 0. The van der Waals surface area contributed by atoms with Gasteiger partial charge in [-0.3, -0.25) is 4.98 Å². The molecule has 0 saturated heterocycles. The van der Waals surface area contributed by atoms with Crippen LogP contribution in [0.1, 0.15) is 12.5 Å². The van der Waals surface area contributed by atoms with Gasteiger partial charge >= 0.3 is 0 Å². The van der Waals surface area contributed by atoms with E-state index in [0.29, 0.717) is 5.56 Å². The minimum Gasteiger partial charge on any atom is -0.340 e. The van der Waals surface area contributed by atoms with Gasteiger partial charge in [-0.1, -0.05) is 36.4 Å². The van der Waals surface area contributed by atoms with Crippen molar-refractivity contribution in [3.8, 4) is 6.07 Å². The molecule has 0 aliphatic rings. The molecule has 2 aromatic carbocycles. The lowest BCUT2D eigenvalue weighted by Gasteiger charge is -2.25. The third-order valence-corrected chi connectivity index (χ3v) is 3.52. The van der Waals surface area contributed by atoms with Gasteiger partial charge in [0.15, 0.2) is 0 Å². The van der Waals surface area contributed by atoms with Crippen LogP contribution in [0.15, 0.2) is 60.8 Å². The van der Waals surface area contributed by atoms with E-state index >= 15 is 0 Å². The fraction of sp³-hybridized carbons (Fsp3) is 0.111. The quantitative estimate of drug-likeness (QED) is 0.715. The number of benzene rings is 2. The summed E-state index contributed by atoms with van der Waals surface area (Å²) in [7, 11) is 0. The molecule has 0 unspecified atom stereocenters. The number of hydrogen-bond donors (Lipinski definition) is 0. The molecule has 0 aliphatic heterocycles. The molecule has 3 aromatic rings. The highest BCUT2D eigenvalue weighted by Gasteiger charge is 2.15. The Hall–Kier alpha value is -2.86. The van der Waals surface area contributed by atoms with Crippen molar-refractivity contribution in [1.82, 2.24) is 4.98 Å². The molecule has 0 bridgehead atoms. The lowest BCUT2D eigenvalue weighted by atomic mass is 10.1. The molecule has 0 spiro atoms. The number of nitrogens with zero attached hydrogens (tertiary/aromatic N) is 3. The average Bonchev–Trinajstić information content (AvgIpc) is 2.56. The Labute approximate surface area is 124 Å². The van der Waals surface area contributed by atoms with E-state index < -0.39 is 0 Å². The van der Waals surface area contributed by atoms with E-state index in [1.54, 1.807) is 6.20 Å². The van der Waals surface area contributed by atoms with Crippen LogP contribution in [0.2, 0.25) is 0 Å². The number of anilines is 2. The second-order valence-electron chi connectivity index (χ2n) is 4.73. The average molecular weight is 273 g/mol. The zero-order chi connectivity index (χ0) is 14.7. The van der Waals surface area contributed by atoms with Crippen LogP contribution < -0.4 is 4.90 Å². The summed E-state index contributed by atoms with van der Waals surface area (Å²) in [4.78, 5) is 6.53. The molecule has 3 nitrogen and oxygen atoms in total. The zero-order valence-corrected chi connectivity index (χ0v) is 11.8. The van der Waals surface area contributed by atoms with Gasteiger partial charge in [0.1, 0.15) is 6.07 Å². The Morgan fingerprint density at radius 1 is 1.05 bits per heavy atom. The van der Waals surface area contributed by atoms with Gasteiger partial charge in [0.05, 0.1) is 16.8 Å². The van der Waals surface area contributed by atoms with Crippen LogP contribution in [-0.2, 0) is 0 Å². The van der Waals surface area contributed by atoms with Crippen molar-refractivity contribution < 1.29 is 0 Å². The zero-order valence-electron chi connectivity index (χ0n) is 11.8. The van der Waals surface area contributed by atoms with E-state index in [0.717, 1.165) is 28.8 Å². The van der Waals surface area contributed by atoms with Gasteiger partial charge in [0.2, 0.25) is 0 Å². The molecule has 0 radical (unpaired) electrons. The first-order chi connectivity index (χ1) is 10.3. The summed E-state index contributed by atoms with van der Waals surface area (Å²) < 4.78 is 0. The summed E-state index contributed by atoms with van der Waals surface area (Å²) in [6.07, 6.45) is 1.66. The molecule has 0 saturated carbocycles. The fourth-order valence-electron chi connectivity index (χ4n) is 2.58. The summed E-state index contributed by atoms with van der Waals surface area (Å²) in [5, 5.41) is 10.5. The monoisotopic (exact) mass is 273 g/mol. The third-order valence-electron chi connectivity index (χ3n) is 3.52. The molecule has 1 aromatic heterocycles. The number of nitriles is 1. The van der Waals surface area contributed by atoms with Gasteiger partial charge in [-0.15, -0.1) is 0 Å². The van der Waals surface area contributed by atoms with Gasteiger partial charge in [-0.2, -0.15) is 5.26 Å². The maximum absolute atomic E-state index is 9.45. The number of para-hydroxylation sites is 2. The highest BCUT2D eigenvalue weighted by atomic mass is 15.1. The van der Waals surface area contributed by atoms with E-state index in [1.165, 1.54) is 0 Å². The first kappa shape index (κ1) is 13.1. The van der Waals surface area contributed by atoms with Crippen LogP contribution in [0, 0.1) is 11.3 Å². The third kappa shape index (κ3) is 2.32. The molecule has 1 heterocycles. The molecule has 0 N–H and O–H groups in total. The van der Waals surface area contributed by atoms with E-state index in [-0.39, 0.29) is 0 Å². The minimum absolute atomic E-state index is 0.597. The summed E-state index contributed by atoms with van der Waals surface area (Å²) in [5.41, 5.74) is 3.50. The Kier molecular flexibility index (Phi) is 3.53. The molecule has 3 rings (SSSR count). The maximum Gasteiger partial charge on any atom is 0.103 e. The molecule has 3 heteroatoms. The molecule has 0 aliphatic carbocycles. The smallest absolute Gasteiger partial charge is 0.103 e. The molecule has 0 fully saturated rings. The molecule has 102 valence electrons. The second kappa shape index (κ2) is 5.64. The number of fused-ring (bicyclic) bond motifs is 1. The standard InChI is InChI=1S/C18H15N3/c1-2-21(15-8-4-3-5-9-15)18-14(12-19)13-20-17-11-7-6-10-16(17)18/h3-11,13H,2H2,1H3. The molecular weight excluding hydrogens is 258 g/mol. The summed E-state index contributed by atoms with van der Waals surface area (Å²) in [6, 6.07) is 20.3. The summed E-state index contributed by atoms with van der Waals surface area (Å²) in [5.74, 6) is 0. The number of pyridine rings is 1. The van der Waals surface area contributed by atoms with Crippen molar-refractivity contribution in [2.45, 2.75) is 6.92 Å². The molecule has 21 heavy (non-hydrogen) atoms. The minimum atomic E-state index is 0.597. The van der Waals surface area contributed by atoms with E-state index in [2.05, 4.69) is 35.0 Å². The van der Waals surface area contributed by atoms with Crippen LogP contribution in [0.4, 0.5) is 11.4 Å². The van der Waals surface area contributed by atoms with Gasteiger partial charge < -0.3 is 4.90 Å². The van der Waals surface area contributed by atoms with Gasteiger partial charge in [0.25, 0.3) is 0 Å². The van der Waals surface area contributed by atoms with E-state index in [1.807, 2.05) is 42.5 Å². The number of aromatic nitrogens is 1. The van der Waals surface area contributed by atoms with Crippen LogP contribution in [0.3, 0.4) is 0 Å². The van der Waals surface area contributed by atoms with Crippen molar-refractivity contribution >= 4 is 22.3 Å². The van der Waals surface area contributed by atoms with Crippen molar-refractivity contribution in [3.05, 3.63) is 66.4 Å². The van der Waals surface area contributed by atoms with Gasteiger partial charge in [0, 0.05) is 23.8 Å². The predicted molar refractivity (Wildman–Crippen MR) is 85.6 cm³/mol. The van der Waals surface area contributed by atoms with E-state index in [9.17, 15) is 5.26 Å². The lowest BCUT2D eigenvalue weighted by Crippen LogP contribution is -2.17. The largest absolute Gasteiger partial charge is 0.340 e. The van der Waals surface area contributed by atoms with Crippen LogP contribution in [-0.4, -0.2) is 11.5 Å². The highest BCUT2D eigenvalue weighted by molar-refractivity contribution is 5.96. The Balaban J connectivity index is 2.29. The van der Waals surface area contributed by atoms with Crippen molar-refractivity contribution in [3.63, 3.8) is 0 Å². The molecule has 0 amide bonds. The number of hydrogen-bond acceptors (Lipinski definition) is 3. The topological polar surface area (TPSA) is 39.9 Å². The first-order valence-electron chi connectivity index (χ1n) is 6.95. The molecule has 0 atom stereocenters. The Morgan fingerprint density at radius 3 is 2.48 bits per heavy atom. The van der Waals surface area contributed by atoms with Crippen LogP contribution in [0.5, 0.6) is 0 Å². The predicted octanol–water partition coefficient (Wildman–Crippen LogP) is 4.26. The van der Waals surface area contributed by atoms with Crippen LogP contribution in [0.25, 0.3) is 10.9 Å². The van der Waals surface area contributed by atoms with Crippen molar-refractivity contribution in [1.29, 1.82) is 5.26 Å². The number of rotatable bonds is 3. The maximum atomic E-state index is 9.45. The van der Waals surface area contributed by atoms with Gasteiger partial charge in [-0.25, -0.2) is 0 Å². The SMILES string of the molecule is CCN(c1ccccc1)c1c(C#N)cnc2ccccc12. The highest BCUT2D eigenvalue weighted by Crippen LogP contribution is 2.33. The van der Waals surface area contributed by atoms with Crippen molar-refractivity contribution in [2.24, 2.45) is 0 Å². The van der Waals surface area contributed by atoms with E-state index in [4.69, 9.17) is 0 Å². The normalized spacial score (nSPS) is 10.3. The Morgan fingerprint density at radius 2 is 1.76 bits per heavy atom. The lowest BCUT2D eigenvalue weighted by molar-refractivity contribution is 1.02. The Bertz CT molecular complexity index is 804. The first-order valence-corrected chi connectivity index (χ1v) is 6.95. The van der Waals surface area contributed by atoms with Crippen molar-refractivity contribution in [2.75, 3.05) is 11.4 Å².